The molecule has 5 heteroatoms. The van der Waals surface area contributed by atoms with E-state index in [1.165, 1.54) is 12.1 Å². The minimum Gasteiger partial charge on any atom is -0.398 e. The number of nitrogen functional groups attached to an aromatic ring is 1. The van der Waals surface area contributed by atoms with Gasteiger partial charge in [0, 0.05) is 10.7 Å². The summed E-state index contributed by atoms with van der Waals surface area (Å²) in [5.74, 6) is -0.909. The summed E-state index contributed by atoms with van der Waals surface area (Å²) in [6.45, 7) is 1.83. The molecular formula is C15H14ClFN2O. The first-order valence-corrected chi connectivity index (χ1v) is 6.46. The van der Waals surface area contributed by atoms with Gasteiger partial charge in [-0.25, -0.2) is 4.39 Å². The number of nitrogens with two attached hydrogens (primary N) is 1. The highest BCUT2D eigenvalue weighted by molar-refractivity contribution is 6.30. The molecular weight excluding hydrogens is 279 g/mol. The van der Waals surface area contributed by atoms with E-state index in [4.69, 9.17) is 17.3 Å². The van der Waals surface area contributed by atoms with Gasteiger partial charge in [-0.3, -0.25) is 4.79 Å². The lowest BCUT2D eigenvalue weighted by molar-refractivity contribution is 0.0940. The molecule has 3 N–H and O–H groups in total. The maximum Gasteiger partial charge on any atom is 0.253 e. The molecule has 0 saturated carbocycles. The minimum atomic E-state index is -0.497. The Morgan fingerprint density at radius 2 is 1.90 bits per heavy atom. The van der Waals surface area contributed by atoms with Gasteiger partial charge in [0.1, 0.15) is 5.82 Å². The summed E-state index contributed by atoms with van der Waals surface area (Å²) in [5, 5.41) is 3.40. The van der Waals surface area contributed by atoms with Gasteiger partial charge in [-0.2, -0.15) is 0 Å². The Balaban J connectivity index is 2.15. The van der Waals surface area contributed by atoms with Crippen LogP contribution < -0.4 is 11.1 Å². The van der Waals surface area contributed by atoms with Gasteiger partial charge in [0.25, 0.3) is 5.91 Å². The quantitative estimate of drug-likeness (QED) is 0.850. The number of carbonyl (C=O) groups excluding carboxylic acids is 1. The zero-order chi connectivity index (χ0) is 14.7. The van der Waals surface area contributed by atoms with Crippen molar-refractivity contribution in [2.75, 3.05) is 5.73 Å². The van der Waals surface area contributed by atoms with Crippen molar-refractivity contribution in [2.24, 2.45) is 0 Å². The van der Waals surface area contributed by atoms with Crippen molar-refractivity contribution < 1.29 is 9.18 Å². The van der Waals surface area contributed by atoms with Crippen LogP contribution in [0.5, 0.6) is 0 Å². The van der Waals surface area contributed by atoms with Crippen molar-refractivity contribution in [1.29, 1.82) is 0 Å². The van der Waals surface area contributed by atoms with Crippen LogP contribution in [0.4, 0.5) is 10.1 Å². The maximum atomic E-state index is 13.2. The van der Waals surface area contributed by atoms with Gasteiger partial charge < -0.3 is 11.1 Å². The van der Waals surface area contributed by atoms with Crippen LogP contribution in [0.2, 0.25) is 5.02 Å². The molecule has 0 fully saturated rings. The first-order valence-electron chi connectivity index (χ1n) is 6.08. The van der Waals surface area contributed by atoms with Crippen LogP contribution in [0.25, 0.3) is 0 Å². The summed E-state index contributed by atoms with van der Waals surface area (Å²) in [5.41, 5.74) is 6.95. The van der Waals surface area contributed by atoms with Crippen LogP contribution in [0.3, 0.4) is 0 Å². The molecule has 2 aromatic rings. The van der Waals surface area contributed by atoms with Gasteiger partial charge in [-0.15, -0.1) is 0 Å². The SMILES string of the molecule is CC(NC(=O)c1cc(F)ccc1N)c1ccc(Cl)cc1. The van der Waals surface area contributed by atoms with E-state index >= 15 is 0 Å². The Bertz CT molecular complexity index is 628. The topological polar surface area (TPSA) is 55.1 Å². The number of carbonyl (C=O) groups is 1. The Morgan fingerprint density at radius 3 is 2.55 bits per heavy atom. The molecule has 0 spiro atoms. The predicted molar refractivity (Wildman–Crippen MR) is 78.1 cm³/mol. The highest BCUT2D eigenvalue weighted by Crippen LogP contribution is 2.18. The van der Waals surface area contributed by atoms with E-state index < -0.39 is 11.7 Å². The smallest absolute Gasteiger partial charge is 0.253 e. The largest absolute Gasteiger partial charge is 0.398 e. The Labute approximate surface area is 121 Å². The zero-order valence-electron chi connectivity index (χ0n) is 10.9. The van der Waals surface area contributed by atoms with E-state index in [0.29, 0.717) is 5.02 Å². The molecule has 0 aliphatic rings. The monoisotopic (exact) mass is 292 g/mol. The molecule has 0 aliphatic carbocycles. The molecule has 20 heavy (non-hydrogen) atoms. The second kappa shape index (κ2) is 5.92. The van der Waals surface area contributed by atoms with Crippen molar-refractivity contribution in [3.63, 3.8) is 0 Å². The fraction of sp³-hybridized carbons (Fsp3) is 0.133. The summed E-state index contributed by atoms with van der Waals surface area (Å²) in [6, 6.07) is 10.6. The summed E-state index contributed by atoms with van der Waals surface area (Å²) < 4.78 is 13.2. The predicted octanol–water partition coefficient (Wildman–Crippen LogP) is 3.55. The van der Waals surface area contributed by atoms with Crippen LogP contribution in [0, 0.1) is 5.82 Å². The Kier molecular flexibility index (Phi) is 4.25. The second-order valence-corrected chi connectivity index (χ2v) is 4.91. The first-order chi connectivity index (χ1) is 9.47. The lowest BCUT2D eigenvalue weighted by Crippen LogP contribution is -2.27. The molecule has 0 heterocycles. The Morgan fingerprint density at radius 1 is 1.25 bits per heavy atom. The zero-order valence-corrected chi connectivity index (χ0v) is 11.6. The average Bonchev–Trinajstić information content (AvgIpc) is 2.42. The van der Waals surface area contributed by atoms with Gasteiger partial charge in [0.15, 0.2) is 0 Å². The molecule has 0 bridgehead atoms. The maximum absolute atomic E-state index is 13.2. The molecule has 0 saturated heterocycles. The average molecular weight is 293 g/mol. The normalized spacial score (nSPS) is 11.9. The molecule has 2 aromatic carbocycles. The molecule has 3 nitrogen and oxygen atoms in total. The molecule has 1 atom stereocenters. The van der Waals surface area contributed by atoms with Crippen molar-refractivity contribution >= 4 is 23.2 Å². The number of anilines is 1. The van der Waals surface area contributed by atoms with Crippen molar-refractivity contribution in [3.8, 4) is 0 Å². The van der Waals surface area contributed by atoms with Crippen LogP contribution in [0.15, 0.2) is 42.5 Å². The fourth-order valence-electron chi connectivity index (χ4n) is 1.83. The number of amides is 1. The van der Waals surface area contributed by atoms with Gasteiger partial charge in [-0.05, 0) is 42.8 Å². The highest BCUT2D eigenvalue weighted by Gasteiger charge is 2.14. The van der Waals surface area contributed by atoms with E-state index in [9.17, 15) is 9.18 Å². The standard InChI is InChI=1S/C15H14ClFN2O/c1-9(10-2-4-11(16)5-3-10)19-15(20)13-8-12(17)6-7-14(13)18/h2-9H,18H2,1H3,(H,19,20). The van der Waals surface area contributed by atoms with Crippen molar-refractivity contribution in [3.05, 3.63) is 64.4 Å². The highest BCUT2D eigenvalue weighted by atomic mass is 35.5. The van der Waals surface area contributed by atoms with Gasteiger partial charge >= 0.3 is 0 Å². The van der Waals surface area contributed by atoms with E-state index in [2.05, 4.69) is 5.32 Å². The second-order valence-electron chi connectivity index (χ2n) is 4.48. The summed E-state index contributed by atoms with van der Waals surface area (Å²) in [4.78, 5) is 12.1. The fourth-order valence-corrected chi connectivity index (χ4v) is 1.96. The molecule has 1 amide bonds. The number of nitrogens with one attached hydrogen (secondary N) is 1. The lowest BCUT2D eigenvalue weighted by Gasteiger charge is -2.15. The van der Waals surface area contributed by atoms with Crippen LogP contribution in [0.1, 0.15) is 28.9 Å². The minimum absolute atomic E-state index is 0.130. The number of halogens is 2. The molecule has 104 valence electrons. The van der Waals surface area contributed by atoms with Gasteiger partial charge in [0.05, 0.1) is 11.6 Å². The first kappa shape index (κ1) is 14.3. The third-order valence-corrected chi connectivity index (χ3v) is 3.23. The molecule has 0 aromatic heterocycles. The van der Waals surface area contributed by atoms with Gasteiger partial charge in [0.2, 0.25) is 0 Å². The molecule has 1 unspecified atom stereocenters. The van der Waals surface area contributed by atoms with E-state index in [-0.39, 0.29) is 17.3 Å². The van der Waals surface area contributed by atoms with E-state index in [1.54, 1.807) is 12.1 Å². The summed E-state index contributed by atoms with van der Waals surface area (Å²) >= 11 is 5.81. The Hall–Kier alpha value is -2.07. The number of hydrogen-bond donors (Lipinski definition) is 2. The third-order valence-electron chi connectivity index (χ3n) is 2.98. The van der Waals surface area contributed by atoms with Crippen LogP contribution >= 0.6 is 11.6 Å². The van der Waals surface area contributed by atoms with Crippen LogP contribution in [-0.4, -0.2) is 5.91 Å². The van der Waals surface area contributed by atoms with E-state index in [0.717, 1.165) is 11.6 Å². The van der Waals surface area contributed by atoms with Crippen molar-refractivity contribution in [1.82, 2.24) is 5.32 Å². The number of benzene rings is 2. The van der Waals surface area contributed by atoms with E-state index in [1.807, 2.05) is 19.1 Å². The summed E-state index contributed by atoms with van der Waals surface area (Å²) in [7, 11) is 0. The van der Waals surface area contributed by atoms with Crippen molar-refractivity contribution in [2.45, 2.75) is 13.0 Å². The van der Waals surface area contributed by atoms with Gasteiger partial charge in [-0.1, -0.05) is 23.7 Å². The molecule has 0 aliphatic heterocycles. The molecule has 2 rings (SSSR count). The van der Waals surface area contributed by atoms with Crippen LogP contribution in [-0.2, 0) is 0 Å². The third kappa shape index (κ3) is 3.27. The lowest BCUT2D eigenvalue weighted by atomic mass is 10.1. The number of hydrogen-bond acceptors (Lipinski definition) is 2. The molecule has 0 radical (unpaired) electrons. The number of rotatable bonds is 3. The summed E-state index contributed by atoms with van der Waals surface area (Å²) in [6.07, 6.45) is 0.